The SMILES string of the molecule is CC(=O)O[C@@H]1[C@@H](OC(C)=O)[C@H](C)O[C@@H](O[C@H]2CC[C@]3(C=O)[C@H]4CC[C@]5(C)[C@@H](C6=CC(=O)OC6)CC[C@]5(O)[C@@H]4CC[C@]3(O)C2)[C@@H]1OC(C)=O. The highest BCUT2D eigenvalue weighted by Crippen LogP contribution is 2.70. The topological polar surface area (TPSA) is 181 Å². The van der Waals surface area contributed by atoms with E-state index in [0.29, 0.717) is 38.5 Å². The Balaban J connectivity index is 1.22. The van der Waals surface area contributed by atoms with Gasteiger partial charge in [0.2, 0.25) is 0 Å². The summed E-state index contributed by atoms with van der Waals surface area (Å²) in [4.78, 5) is 61.3. The fraction of sp³-hybridized carbons (Fsp3) is 0.800. The van der Waals surface area contributed by atoms with Crippen molar-refractivity contribution in [3.05, 3.63) is 11.6 Å². The summed E-state index contributed by atoms with van der Waals surface area (Å²) in [5.74, 6) is -2.80. The van der Waals surface area contributed by atoms with E-state index in [4.69, 9.17) is 28.4 Å². The van der Waals surface area contributed by atoms with E-state index in [2.05, 4.69) is 6.92 Å². The van der Waals surface area contributed by atoms with Gasteiger partial charge in [-0.05, 0) is 81.6 Å². The zero-order chi connectivity index (χ0) is 34.8. The van der Waals surface area contributed by atoms with Crippen molar-refractivity contribution in [1.82, 2.24) is 0 Å². The molecule has 13 nitrogen and oxygen atoms in total. The summed E-state index contributed by atoms with van der Waals surface area (Å²) in [6.45, 7) is 7.56. The molecule has 0 unspecified atom stereocenters. The minimum atomic E-state index is -1.43. The van der Waals surface area contributed by atoms with Gasteiger partial charge in [-0.25, -0.2) is 4.79 Å². The Morgan fingerprint density at radius 2 is 1.52 bits per heavy atom. The molecule has 48 heavy (non-hydrogen) atoms. The van der Waals surface area contributed by atoms with Crippen LogP contribution in [-0.4, -0.2) is 95.0 Å². The number of cyclic esters (lactones) is 1. The van der Waals surface area contributed by atoms with Crippen molar-refractivity contribution in [1.29, 1.82) is 0 Å². The maximum Gasteiger partial charge on any atom is 0.331 e. The van der Waals surface area contributed by atoms with Gasteiger partial charge in [-0.3, -0.25) is 14.4 Å². The van der Waals surface area contributed by atoms with E-state index in [-0.39, 0.29) is 43.2 Å². The Kier molecular flexibility index (Phi) is 9.09. The lowest BCUT2D eigenvalue weighted by molar-refractivity contribution is -0.321. The van der Waals surface area contributed by atoms with Gasteiger partial charge >= 0.3 is 23.9 Å². The maximum atomic E-state index is 13.2. The smallest absolute Gasteiger partial charge is 0.331 e. The Hall–Kier alpha value is -2.87. The summed E-state index contributed by atoms with van der Waals surface area (Å²) in [7, 11) is 0. The van der Waals surface area contributed by atoms with Crippen LogP contribution in [0.1, 0.15) is 92.4 Å². The number of rotatable bonds is 7. The van der Waals surface area contributed by atoms with E-state index in [1.54, 1.807) is 13.0 Å². The van der Waals surface area contributed by atoms with Crippen LogP contribution in [0.5, 0.6) is 0 Å². The first-order valence-corrected chi connectivity index (χ1v) is 17.2. The van der Waals surface area contributed by atoms with E-state index in [1.807, 2.05) is 0 Å². The second-order valence-electron chi connectivity index (χ2n) is 15.2. The van der Waals surface area contributed by atoms with E-state index < -0.39 is 76.7 Å². The molecular weight excluding hydrogens is 628 g/mol. The molecule has 6 aliphatic rings. The van der Waals surface area contributed by atoms with Crippen molar-refractivity contribution in [2.75, 3.05) is 6.61 Å². The van der Waals surface area contributed by atoms with Crippen LogP contribution in [0, 0.1) is 28.6 Å². The lowest BCUT2D eigenvalue weighted by Gasteiger charge is -2.65. The number of esters is 4. The van der Waals surface area contributed by atoms with E-state index >= 15 is 0 Å². The van der Waals surface area contributed by atoms with Gasteiger partial charge in [0.05, 0.1) is 28.8 Å². The molecule has 4 aliphatic carbocycles. The zero-order valence-electron chi connectivity index (χ0n) is 28.3. The summed E-state index contributed by atoms with van der Waals surface area (Å²) in [6, 6.07) is 0. The zero-order valence-corrected chi connectivity index (χ0v) is 28.3. The van der Waals surface area contributed by atoms with Crippen LogP contribution in [0.2, 0.25) is 0 Å². The van der Waals surface area contributed by atoms with Crippen LogP contribution >= 0.6 is 0 Å². The molecular formula is C35H48O13. The molecule has 0 aromatic rings. The first kappa shape index (κ1) is 35.0. The third-order valence-corrected chi connectivity index (χ3v) is 12.8. The van der Waals surface area contributed by atoms with Gasteiger partial charge < -0.3 is 43.4 Å². The van der Waals surface area contributed by atoms with Crippen molar-refractivity contribution in [3.63, 3.8) is 0 Å². The number of fused-ring (bicyclic) bond motifs is 5. The van der Waals surface area contributed by atoms with Gasteiger partial charge in [0.1, 0.15) is 12.9 Å². The second kappa shape index (κ2) is 12.5. The Morgan fingerprint density at radius 1 is 0.875 bits per heavy atom. The van der Waals surface area contributed by atoms with Crippen LogP contribution in [0.4, 0.5) is 0 Å². The molecule has 0 aromatic carbocycles. The minimum absolute atomic E-state index is 0.00586. The maximum absolute atomic E-state index is 13.2. The Morgan fingerprint density at radius 3 is 2.15 bits per heavy atom. The number of carbonyl (C=O) groups excluding carboxylic acids is 5. The molecule has 0 amide bonds. The molecule has 0 radical (unpaired) electrons. The average Bonchev–Trinajstić information content (AvgIpc) is 3.55. The number of carbonyl (C=O) groups is 5. The lowest BCUT2D eigenvalue weighted by Crippen LogP contribution is -2.69. The predicted molar refractivity (Wildman–Crippen MR) is 163 cm³/mol. The summed E-state index contributed by atoms with van der Waals surface area (Å²) in [5.41, 5.74) is -3.16. The van der Waals surface area contributed by atoms with Gasteiger partial charge in [-0.15, -0.1) is 0 Å². The van der Waals surface area contributed by atoms with Gasteiger partial charge in [0.15, 0.2) is 24.6 Å². The van der Waals surface area contributed by atoms with E-state index in [9.17, 15) is 34.2 Å². The molecule has 5 fully saturated rings. The van der Waals surface area contributed by atoms with Crippen LogP contribution < -0.4 is 0 Å². The molecule has 2 aliphatic heterocycles. The summed E-state index contributed by atoms with van der Waals surface area (Å²) in [5, 5.41) is 24.9. The van der Waals surface area contributed by atoms with Crippen molar-refractivity contribution in [2.45, 2.75) is 140 Å². The molecule has 266 valence electrons. The van der Waals surface area contributed by atoms with Gasteiger partial charge in [0, 0.05) is 38.7 Å². The van der Waals surface area contributed by atoms with E-state index in [0.717, 1.165) is 18.3 Å². The number of aldehydes is 1. The average molecular weight is 677 g/mol. The normalized spacial score (nSPS) is 46.6. The highest BCUT2D eigenvalue weighted by Gasteiger charge is 2.71. The van der Waals surface area contributed by atoms with Crippen molar-refractivity contribution in [3.8, 4) is 0 Å². The number of hydrogen-bond acceptors (Lipinski definition) is 13. The highest BCUT2D eigenvalue weighted by molar-refractivity contribution is 5.85. The third kappa shape index (κ3) is 5.49. The summed E-state index contributed by atoms with van der Waals surface area (Å²) in [6.07, 6.45) is 0.435. The van der Waals surface area contributed by atoms with Crippen molar-refractivity contribution in [2.24, 2.45) is 28.6 Å². The number of hydrogen-bond donors (Lipinski definition) is 2. The fourth-order valence-electron chi connectivity index (χ4n) is 10.7. The number of ether oxygens (including phenoxy) is 6. The molecule has 1 saturated heterocycles. The third-order valence-electron chi connectivity index (χ3n) is 12.8. The van der Waals surface area contributed by atoms with E-state index in [1.165, 1.54) is 20.8 Å². The largest absolute Gasteiger partial charge is 0.458 e. The second-order valence-corrected chi connectivity index (χ2v) is 15.2. The molecule has 0 bridgehead atoms. The van der Waals surface area contributed by atoms with Gasteiger partial charge in [-0.2, -0.15) is 0 Å². The van der Waals surface area contributed by atoms with Crippen LogP contribution in [-0.2, 0) is 52.4 Å². The number of aliphatic hydroxyl groups is 2. The monoisotopic (exact) mass is 676 g/mol. The summed E-state index contributed by atoms with van der Waals surface area (Å²) >= 11 is 0. The fourth-order valence-corrected chi connectivity index (χ4v) is 10.7. The van der Waals surface area contributed by atoms with Crippen LogP contribution in [0.25, 0.3) is 0 Å². The Bertz CT molecular complexity index is 1380. The molecule has 6 rings (SSSR count). The lowest BCUT2D eigenvalue weighted by atomic mass is 9.41. The molecule has 13 heteroatoms. The quantitative estimate of drug-likeness (QED) is 0.174. The van der Waals surface area contributed by atoms with Crippen LogP contribution in [0.3, 0.4) is 0 Å². The summed E-state index contributed by atoms with van der Waals surface area (Å²) < 4.78 is 34.2. The van der Waals surface area contributed by atoms with Gasteiger partial charge in [0.25, 0.3) is 0 Å². The minimum Gasteiger partial charge on any atom is -0.458 e. The van der Waals surface area contributed by atoms with Crippen molar-refractivity contribution >= 4 is 30.2 Å². The van der Waals surface area contributed by atoms with Gasteiger partial charge in [-0.1, -0.05) is 6.92 Å². The molecule has 4 saturated carbocycles. The van der Waals surface area contributed by atoms with Crippen molar-refractivity contribution < 1.29 is 62.6 Å². The molecule has 13 atom stereocenters. The van der Waals surface area contributed by atoms with Crippen LogP contribution in [0.15, 0.2) is 11.6 Å². The molecule has 0 aromatic heterocycles. The Labute approximate surface area is 280 Å². The first-order chi connectivity index (χ1) is 22.6. The molecule has 0 spiro atoms. The first-order valence-electron chi connectivity index (χ1n) is 17.2. The predicted octanol–water partition coefficient (Wildman–Crippen LogP) is 2.46. The molecule has 2 heterocycles. The molecule has 2 N–H and O–H groups in total. The highest BCUT2D eigenvalue weighted by atomic mass is 16.7. The standard InChI is InChI=1S/C35H48O13/c1-18-28(45-19(2)37)29(46-20(3)38)30(47-21(4)39)31(44-18)48-23-6-11-33(17-36)25-7-10-32(5)24(22-14-27(40)43-16-22)9-13-35(32,42)26(25)8-12-34(33,41)15-23/h14,17-18,23-26,28-31,41-42H,6-13,15-16H2,1-5H3/t18-,23-,24+,25-,26+,28-,29+,30+,31-,32+,33-,34-,35-/m0/s1.